The lowest BCUT2D eigenvalue weighted by molar-refractivity contribution is -0.374. The maximum absolute atomic E-state index is 5.11. The predicted molar refractivity (Wildman–Crippen MR) is 55.3 cm³/mol. The molecule has 0 fully saturated rings. The van der Waals surface area contributed by atoms with Crippen molar-refractivity contribution < 1.29 is 28.4 Å². The molecule has 0 aromatic rings. The molecule has 0 N–H and O–H groups in total. The van der Waals surface area contributed by atoms with Crippen LogP contribution in [0.4, 0.5) is 0 Å². The minimum Gasteiger partial charge on any atom is -0.343 e. The highest BCUT2D eigenvalue weighted by Crippen LogP contribution is 2.15. The number of rotatable bonds is 9. The third-order valence-electron chi connectivity index (χ3n) is 1.94. The van der Waals surface area contributed by atoms with Gasteiger partial charge in [-0.25, -0.2) is 0 Å². The second-order valence-electron chi connectivity index (χ2n) is 2.78. The predicted octanol–water partition coefficient (Wildman–Crippen LogP) is 0.0176. The van der Waals surface area contributed by atoms with Crippen LogP contribution in [0, 0.1) is 0 Å². The third kappa shape index (κ3) is 3.95. The molecule has 0 aliphatic rings. The molecule has 0 atom stereocenters. The van der Waals surface area contributed by atoms with E-state index < -0.39 is 19.2 Å². The quantitative estimate of drug-likeness (QED) is 0.525. The summed E-state index contributed by atoms with van der Waals surface area (Å²) in [6.07, 6.45) is -2.14. The zero-order valence-corrected chi connectivity index (χ0v) is 10.6. The highest BCUT2D eigenvalue weighted by Gasteiger charge is 2.34. The van der Waals surface area contributed by atoms with Crippen molar-refractivity contribution in [1.82, 2.24) is 4.90 Å². The van der Waals surface area contributed by atoms with E-state index in [1.807, 2.05) is 0 Å². The van der Waals surface area contributed by atoms with Gasteiger partial charge >= 0.3 is 0 Å². The van der Waals surface area contributed by atoms with Gasteiger partial charge in [0.15, 0.2) is 0 Å². The lowest BCUT2D eigenvalue weighted by atomic mass is 10.7. The fourth-order valence-electron chi connectivity index (χ4n) is 1.32. The molecule has 0 aromatic heterocycles. The van der Waals surface area contributed by atoms with Gasteiger partial charge in [-0.2, -0.15) is 4.90 Å². The van der Waals surface area contributed by atoms with Crippen LogP contribution in [0.15, 0.2) is 0 Å². The first-order valence-electron chi connectivity index (χ1n) is 4.64. The minimum absolute atomic E-state index is 0.713. The fourth-order valence-corrected chi connectivity index (χ4v) is 1.32. The zero-order valence-electron chi connectivity index (χ0n) is 10.6. The number of nitrogens with zero attached hydrogens (tertiary/aromatic N) is 1. The first kappa shape index (κ1) is 15.7. The first-order valence-corrected chi connectivity index (χ1v) is 4.64. The average molecular weight is 239 g/mol. The van der Waals surface area contributed by atoms with Gasteiger partial charge in [0.25, 0.3) is 0 Å². The van der Waals surface area contributed by atoms with Crippen molar-refractivity contribution in [2.45, 2.75) is 19.2 Å². The maximum atomic E-state index is 5.11. The number of hydrogen-bond acceptors (Lipinski definition) is 7. The molecule has 0 saturated heterocycles. The molecule has 0 saturated carbocycles. The second-order valence-corrected chi connectivity index (χ2v) is 2.78. The van der Waals surface area contributed by atoms with Crippen molar-refractivity contribution >= 4 is 0 Å². The monoisotopic (exact) mass is 239 g/mol. The van der Waals surface area contributed by atoms with E-state index in [1.165, 1.54) is 47.6 Å². The molecule has 16 heavy (non-hydrogen) atoms. The molecule has 0 heterocycles. The van der Waals surface area contributed by atoms with Crippen molar-refractivity contribution in [2.24, 2.45) is 0 Å². The molecule has 0 rings (SSSR count). The SMILES string of the molecule is COC(OC)N(C(OC)OC)C(OC)OC. The highest BCUT2D eigenvalue weighted by molar-refractivity contribution is 4.54. The molecule has 0 amide bonds. The summed E-state index contributed by atoms with van der Waals surface area (Å²) in [6, 6.07) is 0. The Labute approximate surface area is 96.1 Å². The standard InChI is InChI=1S/C9H21NO6/c1-11-7(12-2)10(8(13-3)14-4)9(15-5)16-6/h7-9H,1-6H3. The van der Waals surface area contributed by atoms with Gasteiger partial charge in [-0.15, -0.1) is 0 Å². The molecule has 0 aliphatic heterocycles. The molecular weight excluding hydrogens is 218 g/mol. The van der Waals surface area contributed by atoms with Gasteiger partial charge in [0.1, 0.15) is 0 Å². The molecule has 0 spiro atoms. The molecule has 0 bridgehead atoms. The summed E-state index contributed by atoms with van der Waals surface area (Å²) in [5.74, 6) is 0. The number of methoxy groups -OCH3 is 6. The summed E-state index contributed by atoms with van der Waals surface area (Å²) in [5.41, 5.74) is 0. The van der Waals surface area contributed by atoms with Gasteiger partial charge in [0.2, 0.25) is 19.2 Å². The molecule has 7 nitrogen and oxygen atoms in total. The average Bonchev–Trinajstić information content (AvgIpc) is 2.33. The number of hydrogen-bond donors (Lipinski definition) is 0. The van der Waals surface area contributed by atoms with Crippen LogP contribution in [0.2, 0.25) is 0 Å². The van der Waals surface area contributed by atoms with Crippen LogP contribution < -0.4 is 0 Å². The Balaban J connectivity index is 4.84. The molecule has 0 unspecified atom stereocenters. The number of ether oxygens (including phenoxy) is 6. The Bertz CT molecular complexity index is 130. The van der Waals surface area contributed by atoms with Gasteiger partial charge in [-0.05, 0) is 0 Å². The zero-order chi connectivity index (χ0) is 12.6. The Morgan fingerprint density at radius 2 is 0.688 bits per heavy atom. The van der Waals surface area contributed by atoms with Crippen molar-refractivity contribution in [2.75, 3.05) is 42.7 Å². The van der Waals surface area contributed by atoms with E-state index in [2.05, 4.69) is 0 Å². The smallest absolute Gasteiger partial charge is 0.226 e. The van der Waals surface area contributed by atoms with Gasteiger partial charge in [-0.3, -0.25) is 0 Å². The molecular formula is C9H21NO6. The Hall–Kier alpha value is -0.280. The van der Waals surface area contributed by atoms with E-state index in [4.69, 9.17) is 28.4 Å². The molecule has 98 valence electrons. The summed E-state index contributed by atoms with van der Waals surface area (Å²) in [5, 5.41) is 0. The Morgan fingerprint density at radius 1 is 0.500 bits per heavy atom. The lowest BCUT2D eigenvalue weighted by Crippen LogP contribution is -2.54. The summed E-state index contributed by atoms with van der Waals surface area (Å²) in [4.78, 5) is 1.50. The van der Waals surface area contributed by atoms with E-state index in [0.717, 1.165) is 0 Å². The normalized spacial score (nSPS) is 12.4. The van der Waals surface area contributed by atoms with Gasteiger partial charge in [0, 0.05) is 42.7 Å². The summed E-state index contributed by atoms with van der Waals surface area (Å²) >= 11 is 0. The molecule has 0 aliphatic carbocycles. The minimum atomic E-state index is -0.713. The Kier molecular flexibility index (Phi) is 8.67. The van der Waals surface area contributed by atoms with E-state index in [0.29, 0.717) is 0 Å². The van der Waals surface area contributed by atoms with Crippen LogP contribution in [0.5, 0.6) is 0 Å². The van der Waals surface area contributed by atoms with Crippen molar-refractivity contribution in [3.8, 4) is 0 Å². The van der Waals surface area contributed by atoms with E-state index in [1.54, 1.807) is 0 Å². The van der Waals surface area contributed by atoms with Crippen LogP contribution >= 0.6 is 0 Å². The third-order valence-corrected chi connectivity index (χ3v) is 1.94. The fraction of sp³-hybridized carbons (Fsp3) is 1.00. The lowest BCUT2D eigenvalue weighted by Gasteiger charge is -2.37. The Morgan fingerprint density at radius 3 is 0.812 bits per heavy atom. The summed E-state index contributed by atoms with van der Waals surface area (Å²) < 4.78 is 30.7. The van der Waals surface area contributed by atoms with Gasteiger partial charge in [0.05, 0.1) is 0 Å². The van der Waals surface area contributed by atoms with Crippen LogP contribution in [0.1, 0.15) is 0 Å². The van der Waals surface area contributed by atoms with Crippen molar-refractivity contribution in [3.63, 3.8) is 0 Å². The van der Waals surface area contributed by atoms with E-state index >= 15 is 0 Å². The largest absolute Gasteiger partial charge is 0.343 e. The molecule has 0 radical (unpaired) electrons. The van der Waals surface area contributed by atoms with Crippen LogP contribution in [0.25, 0.3) is 0 Å². The maximum Gasteiger partial charge on any atom is 0.226 e. The van der Waals surface area contributed by atoms with E-state index in [-0.39, 0.29) is 0 Å². The van der Waals surface area contributed by atoms with Crippen molar-refractivity contribution in [3.05, 3.63) is 0 Å². The van der Waals surface area contributed by atoms with Crippen LogP contribution in [-0.4, -0.2) is 66.8 Å². The summed E-state index contributed by atoms with van der Waals surface area (Å²) in [6.45, 7) is 0. The summed E-state index contributed by atoms with van der Waals surface area (Å²) in [7, 11) is 8.95. The van der Waals surface area contributed by atoms with Crippen LogP contribution in [0.3, 0.4) is 0 Å². The molecule has 7 heteroatoms. The van der Waals surface area contributed by atoms with Crippen molar-refractivity contribution in [1.29, 1.82) is 0 Å². The van der Waals surface area contributed by atoms with E-state index in [9.17, 15) is 0 Å². The second kappa shape index (κ2) is 8.82. The van der Waals surface area contributed by atoms with Gasteiger partial charge in [-0.1, -0.05) is 0 Å². The highest BCUT2D eigenvalue weighted by atomic mass is 16.8. The first-order chi connectivity index (χ1) is 7.69. The topological polar surface area (TPSA) is 58.6 Å². The van der Waals surface area contributed by atoms with Crippen LogP contribution in [-0.2, 0) is 28.4 Å². The van der Waals surface area contributed by atoms with Gasteiger partial charge < -0.3 is 28.4 Å². The molecule has 0 aromatic carbocycles.